The molecule has 150 valence electrons. The zero-order valence-corrected chi connectivity index (χ0v) is 18.7. The Morgan fingerprint density at radius 3 is 2.81 bits per heavy atom. The van der Waals surface area contributed by atoms with Crippen molar-refractivity contribution in [2.75, 3.05) is 53.0 Å². The van der Waals surface area contributed by atoms with Crippen LogP contribution in [-0.2, 0) is 11.2 Å². The molecule has 2 saturated heterocycles. The molecule has 1 aromatic carbocycles. The highest BCUT2D eigenvalue weighted by Crippen LogP contribution is 2.30. The molecule has 1 N–H and O–H groups in total. The van der Waals surface area contributed by atoms with Crippen LogP contribution in [0.1, 0.15) is 36.3 Å². The van der Waals surface area contributed by atoms with E-state index >= 15 is 0 Å². The highest BCUT2D eigenvalue weighted by molar-refractivity contribution is 14.0. The lowest BCUT2D eigenvalue weighted by molar-refractivity contribution is 0.0195. The third-order valence-corrected chi connectivity index (χ3v) is 6.24. The maximum absolute atomic E-state index is 5.50. The molecule has 3 aliphatic rings. The smallest absolute Gasteiger partial charge is 0.193 e. The van der Waals surface area contributed by atoms with E-state index in [0.717, 1.165) is 51.9 Å². The highest BCUT2D eigenvalue weighted by atomic mass is 127. The number of aliphatic imine (C=N–C) groups is 1. The fourth-order valence-electron chi connectivity index (χ4n) is 4.79. The molecule has 6 heteroatoms. The Bertz CT molecular complexity index is 632. The summed E-state index contributed by atoms with van der Waals surface area (Å²) in [5.41, 5.74) is 3.07. The number of nitrogens with one attached hydrogen (secondary N) is 1. The van der Waals surface area contributed by atoms with Gasteiger partial charge in [0, 0.05) is 51.7 Å². The summed E-state index contributed by atoms with van der Waals surface area (Å²) in [6.07, 6.45) is 5.03. The molecular weight excluding hydrogens is 451 g/mol. The molecule has 2 fully saturated rings. The molecule has 0 aromatic heterocycles. The van der Waals surface area contributed by atoms with E-state index in [1.54, 1.807) is 0 Å². The first-order valence-corrected chi connectivity index (χ1v) is 10.2. The number of ether oxygens (including phenoxy) is 1. The minimum Gasteiger partial charge on any atom is -0.379 e. The van der Waals surface area contributed by atoms with Crippen molar-refractivity contribution in [1.29, 1.82) is 0 Å². The number of fused-ring (bicyclic) bond motifs is 1. The molecule has 0 saturated carbocycles. The van der Waals surface area contributed by atoms with E-state index in [2.05, 4.69) is 44.4 Å². The van der Waals surface area contributed by atoms with Crippen LogP contribution < -0.4 is 5.32 Å². The number of benzene rings is 1. The van der Waals surface area contributed by atoms with Crippen molar-refractivity contribution in [2.45, 2.75) is 37.6 Å². The van der Waals surface area contributed by atoms with E-state index in [1.165, 1.54) is 36.8 Å². The van der Waals surface area contributed by atoms with Crippen molar-refractivity contribution >= 4 is 29.9 Å². The van der Waals surface area contributed by atoms with Gasteiger partial charge >= 0.3 is 0 Å². The summed E-state index contributed by atoms with van der Waals surface area (Å²) in [4.78, 5) is 9.61. The molecule has 1 aliphatic carbocycles. The molecule has 0 radical (unpaired) electrons. The first-order valence-electron chi connectivity index (χ1n) is 10.2. The fourth-order valence-corrected chi connectivity index (χ4v) is 4.79. The van der Waals surface area contributed by atoms with Crippen LogP contribution in [0.4, 0.5) is 0 Å². The summed E-state index contributed by atoms with van der Waals surface area (Å²) in [5, 5.41) is 3.68. The molecule has 2 aliphatic heterocycles. The summed E-state index contributed by atoms with van der Waals surface area (Å²) in [7, 11) is 1.92. The van der Waals surface area contributed by atoms with E-state index in [9.17, 15) is 0 Å². The van der Waals surface area contributed by atoms with Gasteiger partial charge in [-0.2, -0.15) is 0 Å². The van der Waals surface area contributed by atoms with E-state index in [-0.39, 0.29) is 24.0 Å². The third kappa shape index (κ3) is 4.95. The zero-order valence-electron chi connectivity index (χ0n) is 16.4. The number of guanidine groups is 1. The van der Waals surface area contributed by atoms with Crippen LogP contribution in [0.5, 0.6) is 0 Å². The molecular formula is C21H33IN4O. The molecule has 2 atom stereocenters. The van der Waals surface area contributed by atoms with Crippen LogP contribution in [0.3, 0.4) is 0 Å². The van der Waals surface area contributed by atoms with Gasteiger partial charge in [0.1, 0.15) is 0 Å². The first kappa shape index (κ1) is 20.9. The standard InChI is InChI=1S/C21H32N4O.HI/c1-22-21(25-10-9-19(16-25)24-11-13-26-14-12-24)23-15-18-7-4-6-17-5-2-3-8-20(17)18;/h2-3,5,8,18-19H,4,6-7,9-16H2,1H3,(H,22,23);1H. The summed E-state index contributed by atoms with van der Waals surface area (Å²) >= 11 is 0. The zero-order chi connectivity index (χ0) is 17.8. The second-order valence-electron chi connectivity index (χ2n) is 7.75. The molecule has 2 heterocycles. The van der Waals surface area contributed by atoms with Gasteiger partial charge in [-0.05, 0) is 36.8 Å². The Morgan fingerprint density at radius 1 is 1.19 bits per heavy atom. The Kier molecular flexibility index (Phi) is 7.78. The number of aryl methyl sites for hydroxylation is 1. The van der Waals surface area contributed by atoms with Gasteiger partial charge in [-0.3, -0.25) is 9.89 Å². The van der Waals surface area contributed by atoms with Gasteiger partial charge in [0.25, 0.3) is 0 Å². The monoisotopic (exact) mass is 484 g/mol. The summed E-state index contributed by atoms with van der Waals surface area (Å²) in [6, 6.07) is 9.61. The fraction of sp³-hybridized carbons (Fsp3) is 0.667. The maximum Gasteiger partial charge on any atom is 0.193 e. The average molecular weight is 484 g/mol. The quantitative estimate of drug-likeness (QED) is 0.407. The molecule has 5 nitrogen and oxygen atoms in total. The Balaban J connectivity index is 0.00000210. The Labute approximate surface area is 180 Å². The number of hydrogen-bond donors (Lipinski definition) is 1. The van der Waals surface area contributed by atoms with Crippen LogP contribution >= 0.6 is 24.0 Å². The number of morpholine rings is 1. The SMILES string of the molecule is CN=C(NCC1CCCc2ccccc21)N1CCC(N2CCOCC2)C1.I. The van der Waals surface area contributed by atoms with Gasteiger partial charge in [-0.15, -0.1) is 24.0 Å². The lowest BCUT2D eigenvalue weighted by Crippen LogP contribution is -2.47. The molecule has 27 heavy (non-hydrogen) atoms. The van der Waals surface area contributed by atoms with Gasteiger partial charge in [0.2, 0.25) is 0 Å². The lowest BCUT2D eigenvalue weighted by atomic mass is 9.83. The number of hydrogen-bond acceptors (Lipinski definition) is 3. The predicted octanol–water partition coefficient (Wildman–Crippen LogP) is 2.71. The van der Waals surface area contributed by atoms with E-state index < -0.39 is 0 Å². The third-order valence-electron chi connectivity index (χ3n) is 6.24. The lowest BCUT2D eigenvalue weighted by Gasteiger charge is -2.32. The number of nitrogens with zero attached hydrogens (tertiary/aromatic N) is 3. The van der Waals surface area contributed by atoms with Gasteiger partial charge in [-0.25, -0.2) is 0 Å². The van der Waals surface area contributed by atoms with Crippen molar-refractivity contribution in [3.05, 3.63) is 35.4 Å². The van der Waals surface area contributed by atoms with Crippen LogP contribution in [0.15, 0.2) is 29.3 Å². The Morgan fingerprint density at radius 2 is 2.00 bits per heavy atom. The van der Waals surface area contributed by atoms with Gasteiger partial charge in [-0.1, -0.05) is 24.3 Å². The van der Waals surface area contributed by atoms with Crippen molar-refractivity contribution in [2.24, 2.45) is 4.99 Å². The van der Waals surface area contributed by atoms with Crippen molar-refractivity contribution in [1.82, 2.24) is 15.1 Å². The molecule has 0 spiro atoms. The minimum absolute atomic E-state index is 0. The normalized spacial score (nSPS) is 26.4. The second-order valence-corrected chi connectivity index (χ2v) is 7.75. The van der Waals surface area contributed by atoms with Crippen LogP contribution in [0, 0.1) is 0 Å². The number of likely N-dealkylation sites (tertiary alicyclic amines) is 1. The van der Waals surface area contributed by atoms with E-state index in [4.69, 9.17) is 4.74 Å². The van der Waals surface area contributed by atoms with Crippen LogP contribution in [-0.4, -0.2) is 74.8 Å². The summed E-state index contributed by atoms with van der Waals surface area (Å²) < 4.78 is 5.50. The molecule has 2 unspecified atom stereocenters. The van der Waals surface area contributed by atoms with E-state index in [0.29, 0.717) is 12.0 Å². The minimum atomic E-state index is 0. The second kappa shape index (κ2) is 10.1. The van der Waals surface area contributed by atoms with Gasteiger partial charge in [0.05, 0.1) is 13.2 Å². The molecule has 0 amide bonds. The van der Waals surface area contributed by atoms with Crippen LogP contribution in [0.25, 0.3) is 0 Å². The van der Waals surface area contributed by atoms with Crippen molar-refractivity contribution < 1.29 is 4.74 Å². The predicted molar refractivity (Wildman–Crippen MR) is 121 cm³/mol. The van der Waals surface area contributed by atoms with Crippen molar-refractivity contribution in [3.8, 4) is 0 Å². The number of halogens is 1. The summed E-state index contributed by atoms with van der Waals surface area (Å²) in [6.45, 7) is 7.08. The Hall–Kier alpha value is -0.860. The molecule has 1 aromatic rings. The first-order chi connectivity index (χ1) is 12.8. The van der Waals surface area contributed by atoms with Gasteiger partial charge in [0.15, 0.2) is 5.96 Å². The highest BCUT2D eigenvalue weighted by Gasteiger charge is 2.30. The molecule has 0 bridgehead atoms. The largest absolute Gasteiger partial charge is 0.379 e. The summed E-state index contributed by atoms with van der Waals surface area (Å²) in [5.74, 6) is 1.68. The number of rotatable bonds is 3. The van der Waals surface area contributed by atoms with Gasteiger partial charge < -0.3 is 15.0 Å². The maximum atomic E-state index is 5.50. The van der Waals surface area contributed by atoms with E-state index in [1.807, 2.05) is 7.05 Å². The van der Waals surface area contributed by atoms with Crippen LogP contribution in [0.2, 0.25) is 0 Å². The average Bonchev–Trinajstić information content (AvgIpc) is 3.19. The molecule has 4 rings (SSSR count). The van der Waals surface area contributed by atoms with Crippen molar-refractivity contribution in [3.63, 3.8) is 0 Å². The topological polar surface area (TPSA) is 40.1 Å².